The maximum Gasteiger partial charge on any atom is 0.308 e. The molecule has 0 aliphatic carbocycles. The van der Waals surface area contributed by atoms with E-state index in [0.29, 0.717) is 17.0 Å². The number of nitrogens with zero attached hydrogens (tertiary/aromatic N) is 2. The molecule has 0 saturated carbocycles. The maximum atomic E-state index is 13.6. The molecule has 7 heteroatoms. The van der Waals surface area contributed by atoms with Crippen LogP contribution in [0.15, 0.2) is 72.8 Å². The molecule has 1 fully saturated rings. The van der Waals surface area contributed by atoms with E-state index in [1.807, 2.05) is 50.2 Å². The van der Waals surface area contributed by atoms with Gasteiger partial charge in [0, 0.05) is 19.0 Å². The average Bonchev–Trinajstić information content (AvgIpc) is 3.12. The minimum atomic E-state index is -0.939. The van der Waals surface area contributed by atoms with Crippen LogP contribution in [0.2, 0.25) is 0 Å². The molecular formula is C28H26N2O5. The summed E-state index contributed by atoms with van der Waals surface area (Å²) in [6, 6.07) is 20.1. The molecule has 3 aromatic rings. The number of benzene rings is 3. The second kappa shape index (κ2) is 9.93. The van der Waals surface area contributed by atoms with Crippen LogP contribution in [0.3, 0.4) is 0 Å². The summed E-state index contributed by atoms with van der Waals surface area (Å²) >= 11 is 0. The van der Waals surface area contributed by atoms with Gasteiger partial charge in [0.1, 0.15) is 11.8 Å². The Balaban J connectivity index is 1.64. The number of rotatable bonds is 6. The summed E-state index contributed by atoms with van der Waals surface area (Å²) in [6.07, 6.45) is -0.117. The second-order valence-electron chi connectivity index (χ2n) is 8.66. The first kappa shape index (κ1) is 23.9. The van der Waals surface area contributed by atoms with Crippen LogP contribution in [-0.2, 0) is 20.9 Å². The van der Waals surface area contributed by atoms with Gasteiger partial charge in [0.15, 0.2) is 0 Å². The molecule has 4 rings (SSSR count). The van der Waals surface area contributed by atoms with Crippen LogP contribution in [-0.4, -0.2) is 34.6 Å². The van der Waals surface area contributed by atoms with Crippen molar-refractivity contribution >= 4 is 29.4 Å². The first-order valence-corrected chi connectivity index (χ1v) is 11.3. The van der Waals surface area contributed by atoms with Crippen molar-refractivity contribution in [3.63, 3.8) is 0 Å². The Labute approximate surface area is 203 Å². The normalized spacial score (nSPS) is 15.3. The zero-order valence-corrected chi connectivity index (χ0v) is 19.9. The van der Waals surface area contributed by atoms with Gasteiger partial charge in [-0.2, -0.15) is 0 Å². The zero-order chi connectivity index (χ0) is 25.1. The predicted octanol–water partition coefficient (Wildman–Crippen LogP) is 4.20. The smallest absolute Gasteiger partial charge is 0.308 e. The van der Waals surface area contributed by atoms with Gasteiger partial charge < -0.3 is 9.64 Å². The Bertz CT molecular complexity index is 1260. The molecule has 7 nitrogen and oxygen atoms in total. The van der Waals surface area contributed by atoms with Crippen molar-refractivity contribution in [3.05, 3.63) is 95.1 Å². The molecule has 1 saturated heterocycles. The molecule has 0 radical (unpaired) electrons. The van der Waals surface area contributed by atoms with E-state index >= 15 is 0 Å². The highest BCUT2D eigenvalue weighted by Gasteiger charge is 2.44. The molecule has 0 aromatic heterocycles. The number of anilines is 1. The van der Waals surface area contributed by atoms with Crippen LogP contribution in [0.4, 0.5) is 5.69 Å². The van der Waals surface area contributed by atoms with Gasteiger partial charge in [0.05, 0.1) is 12.1 Å². The minimum absolute atomic E-state index is 0.117. The molecule has 1 unspecified atom stereocenters. The molecule has 3 amide bonds. The van der Waals surface area contributed by atoms with E-state index in [4.69, 9.17) is 4.74 Å². The van der Waals surface area contributed by atoms with Crippen molar-refractivity contribution in [2.24, 2.45) is 0 Å². The van der Waals surface area contributed by atoms with Crippen molar-refractivity contribution < 1.29 is 23.9 Å². The summed E-state index contributed by atoms with van der Waals surface area (Å²) in [7, 11) is 0. The van der Waals surface area contributed by atoms with E-state index in [-0.39, 0.29) is 18.9 Å². The lowest BCUT2D eigenvalue weighted by atomic mass is 10.1. The summed E-state index contributed by atoms with van der Waals surface area (Å²) in [4.78, 5) is 53.7. The number of imide groups is 1. The topological polar surface area (TPSA) is 84.0 Å². The standard InChI is InChI=1S/C28H26N2O5/c1-18-4-8-21(9-5-18)17-29(27(33)22-10-6-19(2)7-11-22)25-16-26(32)30(28(25)34)23-12-14-24(15-13-23)35-20(3)31/h4-15,25H,16-17H2,1-3H3. The predicted molar refractivity (Wildman–Crippen MR) is 131 cm³/mol. The first-order valence-electron chi connectivity index (χ1n) is 11.3. The molecule has 35 heavy (non-hydrogen) atoms. The van der Waals surface area contributed by atoms with Crippen LogP contribution in [0, 0.1) is 13.8 Å². The largest absolute Gasteiger partial charge is 0.427 e. The highest BCUT2D eigenvalue weighted by molar-refractivity contribution is 6.23. The lowest BCUT2D eigenvalue weighted by Crippen LogP contribution is -2.45. The van der Waals surface area contributed by atoms with Gasteiger partial charge >= 0.3 is 5.97 Å². The summed E-state index contributed by atoms with van der Waals surface area (Å²) in [6.45, 7) is 5.39. The van der Waals surface area contributed by atoms with E-state index in [2.05, 4.69) is 0 Å². The quantitative estimate of drug-likeness (QED) is 0.306. The molecule has 0 spiro atoms. The fourth-order valence-electron chi connectivity index (χ4n) is 4.04. The Hall–Kier alpha value is -4.26. The molecule has 1 aliphatic rings. The third-order valence-corrected chi connectivity index (χ3v) is 5.89. The van der Waals surface area contributed by atoms with E-state index in [0.717, 1.165) is 21.6 Å². The molecule has 1 atom stereocenters. The molecule has 1 aliphatic heterocycles. The molecule has 0 N–H and O–H groups in total. The van der Waals surface area contributed by atoms with Crippen LogP contribution in [0.25, 0.3) is 0 Å². The van der Waals surface area contributed by atoms with E-state index in [9.17, 15) is 19.2 Å². The number of ether oxygens (including phenoxy) is 1. The van der Waals surface area contributed by atoms with Gasteiger partial charge in [0.25, 0.3) is 11.8 Å². The lowest BCUT2D eigenvalue weighted by Gasteiger charge is -2.28. The van der Waals surface area contributed by atoms with E-state index in [1.54, 1.807) is 24.3 Å². The van der Waals surface area contributed by atoms with Gasteiger partial charge in [-0.25, -0.2) is 4.90 Å². The van der Waals surface area contributed by atoms with E-state index in [1.165, 1.54) is 24.0 Å². The molecule has 0 bridgehead atoms. The van der Waals surface area contributed by atoms with Crippen molar-refractivity contribution in [2.75, 3.05) is 4.90 Å². The van der Waals surface area contributed by atoms with Crippen molar-refractivity contribution in [1.82, 2.24) is 4.90 Å². The van der Waals surface area contributed by atoms with Crippen LogP contribution in [0.1, 0.15) is 40.4 Å². The summed E-state index contributed by atoms with van der Waals surface area (Å²) in [5.41, 5.74) is 3.77. The van der Waals surface area contributed by atoms with Gasteiger partial charge in [-0.05, 0) is 55.8 Å². The fourth-order valence-corrected chi connectivity index (χ4v) is 4.04. The Morgan fingerprint density at radius 3 is 2.03 bits per heavy atom. The monoisotopic (exact) mass is 470 g/mol. The Kier molecular flexibility index (Phi) is 6.78. The third kappa shape index (κ3) is 5.30. The molecule has 3 aromatic carbocycles. The second-order valence-corrected chi connectivity index (χ2v) is 8.66. The number of hydrogen-bond donors (Lipinski definition) is 0. The van der Waals surface area contributed by atoms with Crippen LogP contribution in [0.5, 0.6) is 5.75 Å². The maximum absolute atomic E-state index is 13.6. The SMILES string of the molecule is CC(=O)Oc1ccc(N2C(=O)CC(N(Cc3ccc(C)cc3)C(=O)c3ccc(C)cc3)C2=O)cc1. The molecule has 1 heterocycles. The molecular weight excluding hydrogens is 444 g/mol. The number of esters is 1. The van der Waals surface area contributed by atoms with Crippen LogP contribution < -0.4 is 9.64 Å². The first-order chi connectivity index (χ1) is 16.7. The fraction of sp³-hybridized carbons (Fsp3) is 0.214. The number of carbonyl (C=O) groups excluding carboxylic acids is 4. The van der Waals surface area contributed by atoms with Crippen LogP contribution >= 0.6 is 0 Å². The number of hydrogen-bond acceptors (Lipinski definition) is 5. The van der Waals surface area contributed by atoms with Gasteiger partial charge in [-0.3, -0.25) is 19.2 Å². The highest BCUT2D eigenvalue weighted by Crippen LogP contribution is 2.29. The van der Waals surface area contributed by atoms with Crippen molar-refractivity contribution in [3.8, 4) is 5.75 Å². The average molecular weight is 471 g/mol. The van der Waals surface area contributed by atoms with Gasteiger partial charge in [-0.1, -0.05) is 47.5 Å². The summed E-state index contributed by atoms with van der Waals surface area (Å²) in [5.74, 6) is -1.34. The number of carbonyl (C=O) groups is 4. The van der Waals surface area contributed by atoms with Gasteiger partial charge in [-0.15, -0.1) is 0 Å². The Morgan fingerprint density at radius 2 is 1.46 bits per heavy atom. The minimum Gasteiger partial charge on any atom is -0.427 e. The zero-order valence-electron chi connectivity index (χ0n) is 19.9. The highest BCUT2D eigenvalue weighted by atomic mass is 16.5. The van der Waals surface area contributed by atoms with Crippen molar-refractivity contribution in [1.29, 1.82) is 0 Å². The lowest BCUT2D eigenvalue weighted by molar-refractivity contribution is -0.132. The number of aryl methyl sites for hydroxylation is 2. The molecule has 178 valence electrons. The van der Waals surface area contributed by atoms with E-state index < -0.39 is 23.8 Å². The third-order valence-electron chi connectivity index (χ3n) is 5.89. The van der Waals surface area contributed by atoms with Crippen molar-refractivity contribution in [2.45, 2.75) is 39.8 Å². The number of amides is 3. The summed E-state index contributed by atoms with van der Waals surface area (Å²) in [5, 5.41) is 0. The summed E-state index contributed by atoms with van der Waals surface area (Å²) < 4.78 is 5.03. The Morgan fingerprint density at radius 1 is 0.886 bits per heavy atom. The van der Waals surface area contributed by atoms with Gasteiger partial charge in [0.2, 0.25) is 5.91 Å².